The van der Waals surface area contributed by atoms with E-state index in [0.717, 1.165) is 29.2 Å². The molecule has 19 heavy (non-hydrogen) atoms. The number of ether oxygens (including phenoxy) is 1. The number of hydrogen-bond donors (Lipinski definition) is 1. The van der Waals surface area contributed by atoms with Crippen molar-refractivity contribution in [3.63, 3.8) is 0 Å². The van der Waals surface area contributed by atoms with Gasteiger partial charge in [0.15, 0.2) is 0 Å². The summed E-state index contributed by atoms with van der Waals surface area (Å²) >= 11 is 0. The molecule has 2 aromatic rings. The van der Waals surface area contributed by atoms with Crippen molar-refractivity contribution < 1.29 is 4.74 Å². The number of nitrogens with zero attached hydrogens (tertiary/aromatic N) is 1. The first-order valence-electron chi connectivity index (χ1n) is 6.49. The van der Waals surface area contributed by atoms with Crippen LogP contribution < -0.4 is 15.4 Å². The van der Waals surface area contributed by atoms with Crippen LogP contribution in [0.15, 0.2) is 48.5 Å². The van der Waals surface area contributed by atoms with E-state index in [1.54, 1.807) is 7.11 Å². The molecular weight excluding hydrogens is 236 g/mol. The van der Waals surface area contributed by atoms with Gasteiger partial charge in [-0.05, 0) is 30.7 Å². The van der Waals surface area contributed by atoms with Crippen molar-refractivity contribution in [1.29, 1.82) is 0 Å². The van der Waals surface area contributed by atoms with E-state index in [0.29, 0.717) is 6.54 Å². The van der Waals surface area contributed by atoms with Gasteiger partial charge in [-0.15, -0.1) is 0 Å². The zero-order chi connectivity index (χ0) is 13.7. The molecule has 0 saturated carbocycles. The van der Waals surface area contributed by atoms with E-state index in [1.165, 1.54) is 0 Å². The summed E-state index contributed by atoms with van der Waals surface area (Å²) in [7, 11) is 1.68. The molecule has 0 aliphatic carbocycles. The standard InChI is InChI=1S/C16H20N2O/c1-3-18(14-7-5-4-6-8-14)16-11-15(19-2)10-9-13(16)12-17/h4-11H,3,12,17H2,1-2H3. The largest absolute Gasteiger partial charge is 0.497 e. The Morgan fingerprint density at radius 1 is 1.11 bits per heavy atom. The molecule has 0 radical (unpaired) electrons. The number of rotatable bonds is 5. The Balaban J connectivity index is 2.48. The van der Waals surface area contributed by atoms with Crippen molar-refractivity contribution in [2.75, 3.05) is 18.6 Å². The molecule has 2 N–H and O–H groups in total. The Morgan fingerprint density at radius 2 is 1.84 bits per heavy atom. The number of anilines is 2. The van der Waals surface area contributed by atoms with Gasteiger partial charge in [0.05, 0.1) is 7.11 Å². The predicted molar refractivity (Wildman–Crippen MR) is 80.0 cm³/mol. The monoisotopic (exact) mass is 256 g/mol. The van der Waals surface area contributed by atoms with Gasteiger partial charge in [0.2, 0.25) is 0 Å². The van der Waals surface area contributed by atoms with Crippen LogP contribution in [-0.2, 0) is 6.54 Å². The van der Waals surface area contributed by atoms with Crippen molar-refractivity contribution in [3.05, 3.63) is 54.1 Å². The maximum absolute atomic E-state index is 5.85. The molecular formula is C16H20N2O. The molecule has 0 fully saturated rings. The summed E-state index contributed by atoms with van der Waals surface area (Å²) in [6.07, 6.45) is 0. The Morgan fingerprint density at radius 3 is 2.42 bits per heavy atom. The first kappa shape index (κ1) is 13.4. The highest BCUT2D eigenvalue weighted by atomic mass is 16.5. The maximum Gasteiger partial charge on any atom is 0.120 e. The second-order valence-corrected chi connectivity index (χ2v) is 4.28. The van der Waals surface area contributed by atoms with E-state index >= 15 is 0 Å². The van der Waals surface area contributed by atoms with Crippen molar-refractivity contribution in [2.45, 2.75) is 13.5 Å². The van der Waals surface area contributed by atoms with Crippen LogP contribution in [0.3, 0.4) is 0 Å². The first-order chi connectivity index (χ1) is 9.30. The molecule has 0 aliphatic rings. The normalized spacial score (nSPS) is 10.3. The van der Waals surface area contributed by atoms with Crippen molar-refractivity contribution in [2.24, 2.45) is 5.73 Å². The van der Waals surface area contributed by atoms with Gasteiger partial charge in [-0.1, -0.05) is 24.3 Å². The zero-order valence-electron chi connectivity index (χ0n) is 11.5. The molecule has 3 nitrogen and oxygen atoms in total. The van der Waals surface area contributed by atoms with Crippen molar-refractivity contribution >= 4 is 11.4 Å². The molecule has 0 amide bonds. The smallest absolute Gasteiger partial charge is 0.120 e. The topological polar surface area (TPSA) is 38.5 Å². The van der Waals surface area contributed by atoms with E-state index < -0.39 is 0 Å². The summed E-state index contributed by atoms with van der Waals surface area (Å²) in [6.45, 7) is 3.53. The van der Waals surface area contributed by atoms with E-state index in [4.69, 9.17) is 10.5 Å². The van der Waals surface area contributed by atoms with E-state index in [2.05, 4.69) is 24.0 Å². The summed E-state index contributed by atoms with van der Waals surface area (Å²) in [5.74, 6) is 0.849. The molecule has 0 unspecified atom stereocenters. The SMILES string of the molecule is CCN(c1ccccc1)c1cc(OC)ccc1CN. The van der Waals surface area contributed by atoms with E-state index in [-0.39, 0.29) is 0 Å². The molecule has 100 valence electrons. The van der Waals surface area contributed by atoms with Gasteiger partial charge in [0.1, 0.15) is 5.75 Å². The Kier molecular flexibility index (Phi) is 4.42. The summed E-state index contributed by atoms with van der Waals surface area (Å²) < 4.78 is 5.32. The lowest BCUT2D eigenvalue weighted by molar-refractivity contribution is 0.414. The third-order valence-electron chi connectivity index (χ3n) is 3.19. The van der Waals surface area contributed by atoms with Crippen LogP contribution >= 0.6 is 0 Å². The van der Waals surface area contributed by atoms with Gasteiger partial charge in [-0.2, -0.15) is 0 Å². The van der Waals surface area contributed by atoms with E-state index in [9.17, 15) is 0 Å². The zero-order valence-corrected chi connectivity index (χ0v) is 11.5. The molecule has 2 aromatic carbocycles. The number of para-hydroxylation sites is 1. The van der Waals surface area contributed by atoms with Crippen LogP contribution in [0, 0.1) is 0 Å². The lowest BCUT2D eigenvalue weighted by atomic mass is 10.1. The van der Waals surface area contributed by atoms with Crippen LogP contribution in [-0.4, -0.2) is 13.7 Å². The summed E-state index contributed by atoms with van der Waals surface area (Å²) in [5.41, 5.74) is 9.23. The van der Waals surface area contributed by atoms with E-state index in [1.807, 2.05) is 36.4 Å². The van der Waals surface area contributed by atoms with Crippen LogP contribution in [0.25, 0.3) is 0 Å². The fourth-order valence-corrected chi connectivity index (χ4v) is 2.19. The number of hydrogen-bond acceptors (Lipinski definition) is 3. The minimum absolute atomic E-state index is 0.517. The maximum atomic E-state index is 5.85. The number of benzene rings is 2. The number of nitrogens with two attached hydrogens (primary N) is 1. The lowest BCUT2D eigenvalue weighted by Crippen LogP contribution is -2.18. The van der Waals surface area contributed by atoms with Crippen LogP contribution in [0.4, 0.5) is 11.4 Å². The predicted octanol–water partition coefficient (Wildman–Crippen LogP) is 3.31. The van der Waals surface area contributed by atoms with Gasteiger partial charge < -0.3 is 15.4 Å². The van der Waals surface area contributed by atoms with Crippen molar-refractivity contribution in [1.82, 2.24) is 0 Å². The molecule has 0 bridgehead atoms. The third-order valence-corrected chi connectivity index (χ3v) is 3.19. The van der Waals surface area contributed by atoms with Gasteiger partial charge in [0.25, 0.3) is 0 Å². The molecule has 0 aliphatic heterocycles. The van der Waals surface area contributed by atoms with Crippen LogP contribution in [0.2, 0.25) is 0 Å². The second-order valence-electron chi connectivity index (χ2n) is 4.28. The average Bonchev–Trinajstić information content (AvgIpc) is 2.49. The van der Waals surface area contributed by atoms with Crippen LogP contribution in [0.1, 0.15) is 12.5 Å². The molecule has 3 heteroatoms. The summed E-state index contributed by atoms with van der Waals surface area (Å²) in [4.78, 5) is 2.24. The minimum atomic E-state index is 0.517. The highest BCUT2D eigenvalue weighted by Gasteiger charge is 2.12. The lowest BCUT2D eigenvalue weighted by Gasteiger charge is -2.26. The fraction of sp³-hybridized carbons (Fsp3) is 0.250. The molecule has 0 heterocycles. The van der Waals surface area contributed by atoms with Gasteiger partial charge >= 0.3 is 0 Å². The van der Waals surface area contributed by atoms with Gasteiger partial charge in [-0.25, -0.2) is 0 Å². The fourth-order valence-electron chi connectivity index (χ4n) is 2.19. The van der Waals surface area contributed by atoms with Gasteiger partial charge in [0, 0.05) is 30.5 Å². The molecule has 0 atom stereocenters. The van der Waals surface area contributed by atoms with Crippen LogP contribution in [0.5, 0.6) is 5.75 Å². The molecule has 2 rings (SSSR count). The quantitative estimate of drug-likeness (QED) is 0.892. The van der Waals surface area contributed by atoms with Gasteiger partial charge in [-0.3, -0.25) is 0 Å². The Hall–Kier alpha value is -2.00. The molecule has 0 aromatic heterocycles. The number of methoxy groups -OCH3 is 1. The second kappa shape index (κ2) is 6.25. The third kappa shape index (κ3) is 2.88. The summed E-state index contributed by atoms with van der Waals surface area (Å²) in [5, 5.41) is 0. The average molecular weight is 256 g/mol. The molecule has 0 spiro atoms. The highest BCUT2D eigenvalue weighted by Crippen LogP contribution is 2.31. The van der Waals surface area contributed by atoms with Crippen molar-refractivity contribution in [3.8, 4) is 5.75 Å². The molecule has 0 saturated heterocycles. The first-order valence-corrected chi connectivity index (χ1v) is 6.49. The Bertz CT molecular complexity index is 526. The minimum Gasteiger partial charge on any atom is -0.497 e. The highest BCUT2D eigenvalue weighted by molar-refractivity contribution is 5.68. The summed E-state index contributed by atoms with van der Waals surface area (Å²) in [6, 6.07) is 16.3. The Labute approximate surface area is 114 Å².